The van der Waals surface area contributed by atoms with E-state index in [0.717, 1.165) is 24.8 Å². The van der Waals surface area contributed by atoms with Crippen LogP contribution in [0.1, 0.15) is 41.8 Å². The zero-order valence-corrected chi connectivity index (χ0v) is 18.0. The molecule has 1 aromatic carbocycles. The van der Waals surface area contributed by atoms with Crippen molar-refractivity contribution < 1.29 is 28.6 Å². The fourth-order valence-corrected chi connectivity index (χ4v) is 4.61. The number of Topliss-reactive ketones (excluding diaryl/α,β-unsaturated/α-hetero) is 1. The molecule has 1 saturated carbocycles. The highest BCUT2D eigenvalue weighted by atomic mass is 35.5. The topological polar surface area (TPSA) is 83.9 Å². The lowest BCUT2D eigenvalue weighted by Gasteiger charge is -2.34. The first-order chi connectivity index (χ1) is 13.9. The van der Waals surface area contributed by atoms with Gasteiger partial charge in [-0.15, -0.1) is 23.7 Å². The third-order valence-corrected chi connectivity index (χ3v) is 6.05. The van der Waals surface area contributed by atoms with E-state index in [1.165, 1.54) is 29.2 Å². The van der Waals surface area contributed by atoms with Crippen molar-refractivity contribution in [3.05, 3.63) is 52.2 Å². The number of carboxylic acid groups (broad SMARTS) is 1. The molecular weight excluding hydrogens is 433 g/mol. The number of esters is 1. The summed E-state index contributed by atoms with van der Waals surface area (Å²) in [5, 5.41) is 7.47. The Balaban J connectivity index is 0.000000757. The Morgan fingerprint density at radius 3 is 2.60 bits per heavy atom. The van der Waals surface area contributed by atoms with Gasteiger partial charge in [-0.3, -0.25) is 19.3 Å². The van der Waals surface area contributed by atoms with Crippen LogP contribution in [0, 0.1) is 11.7 Å². The van der Waals surface area contributed by atoms with E-state index < -0.39 is 6.04 Å². The molecule has 1 unspecified atom stereocenters. The summed E-state index contributed by atoms with van der Waals surface area (Å²) in [5.41, 5.74) is 1.52. The minimum atomic E-state index is -0.547. The number of halogens is 2. The number of hydrogen-bond donors (Lipinski definition) is 1. The SMILES string of the molecule is CC(=O)Oc1cc2c(s1)CCN(C(C(=O)C1CC1)c1ccccc1F)C2.Cl.O=CO. The molecule has 4 rings (SSSR count). The van der Waals surface area contributed by atoms with Gasteiger partial charge in [0.25, 0.3) is 6.47 Å². The van der Waals surface area contributed by atoms with Crippen LogP contribution in [0.5, 0.6) is 5.06 Å². The van der Waals surface area contributed by atoms with Crippen molar-refractivity contribution in [1.82, 2.24) is 4.90 Å². The number of ether oxygens (including phenoxy) is 1. The molecule has 2 aromatic rings. The summed E-state index contributed by atoms with van der Waals surface area (Å²) in [5.74, 6) is -0.495. The zero-order chi connectivity index (χ0) is 21.0. The Morgan fingerprint density at radius 1 is 1.33 bits per heavy atom. The highest BCUT2D eigenvalue weighted by molar-refractivity contribution is 7.14. The maximum Gasteiger partial charge on any atom is 0.308 e. The quantitative estimate of drug-likeness (QED) is 0.541. The highest BCUT2D eigenvalue weighted by Crippen LogP contribution is 2.41. The predicted molar refractivity (Wildman–Crippen MR) is 113 cm³/mol. The van der Waals surface area contributed by atoms with Gasteiger partial charge in [0.2, 0.25) is 0 Å². The molecule has 1 N–H and O–H groups in total. The van der Waals surface area contributed by atoms with E-state index in [2.05, 4.69) is 4.90 Å². The number of benzene rings is 1. The van der Waals surface area contributed by atoms with Crippen molar-refractivity contribution in [3.63, 3.8) is 0 Å². The monoisotopic (exact) mass is 455 g/mol. The molecule has 0 saturated heterocycles. The predicted octanol–water partition coefficient (Wildman–Crippen LogP) is 4.01. The first kappa shape index (κ1) is 24.0. The molecule has 0 spiro atoms. The summed E-state index contributed by atoms with van der Waals surface area (Å²) in [7, 11) is 0. The minimum absolute atomic E-state index is 0. The van der Waals surface area contributed by atoms with Gasteiger partial charge in [-0.1, -0.05) is 18.2 Å². The molecule has 6 nitrogen and oxygen atoms in total. The summed E-state index contributed by atoms with van der Waals surface area (Å²) in [6.45, 7) is 2.38. The molecule has 0 amide bonds. The first-order valence-corrected chi connectivity index (χ1v) is 10.2. The second-order valence-electron chi connectivity index (χ2n) is 7.03. The molecular formula is C21H23ClFNO5S. The van der Waals surface area contributed by atoms with E-state index in [1.54, 1.807) is 18.2 Å². The number of hydrogen-bond acceptors (Lipinski definition) is 6. The van der Waals surface area contributed by atoms with Gasteiger partial charge in [0.15, 0.2) is 10.8 Å². The van der Waals surface area contributed by atoms with Gasteiger partial charge in [-0.05, 0) is 37.0 Å². The Hall–Kier alpha value is -2.29. The van der Waals surface area contributed by atoms with Gasteiger partial charge in [0.1, 0.15) is 5.82 Å². The van der Waals surface area contributed by atoms with Crippen LogP contribution in [0.15, 0.2) is 30.3 Å². The molecule has 1 atom stereocenters. The standard InChI is InChI=1S/C20H20FNO3S.CH2O2.ClH/c1-12(23)25-18-10-14-11-22(9-8-17(14)26-18)19(20(24)13-6-7-13)15-4-2-3-5-16(15)21;2-1-3;/h2-5,10,13,19H,6-9,11H2,1H3;1H,(H,2,3);1H. The average molecular weight is 456 g/mol. The third kappa shape index (κ3) is 5.65. The molecule has 162 valence electrons. The maximum atomic E-state index is 14.4. The van der Waals surface area contributed by atoms with Crippen LogP contribution in [0.2, 0.25) is 0 Å². The van der Waals surface area contributed by atoms with E-state index >= 15 is 0 Å². The van der Waals surface area contributed by atoms with Crippen LogP contribution in [-0.2, 0) is 27.3 Å². The molecule has 0 radical (unpaired) electrons. The van der Waals surface area contributed by atoms with Crippen LogP contribution in [0.25, 0.3) is 0 Å². The zero-order valence-electron chi connectivity index (χ0n) is 16.4. The Morgan fingerprint density at radius 2 is 2.00 bits per heavy atom. The molecule has 30 heavy (non-hydrogen) atoms. The molecule has 2 aliphatic rings. The fourth-order valence-electron chi connectivity index (χ4n) is 3.56. The molecule has 0 bridgehead atoms. The van der Waals surface area contributed by atoms with Gasteiger partial charge < -0.3 is 9.84 Å². The molecule has 1 aromatic heterocycles. The minimum Gasteiger partial charge on any atom is -0.483 e. The van der Waals surface area contributed by atoms with E-state index in [0.29, 0.717) is 23.7 Å². The lowest BCUT2D eigenvalue weighted by Crippen LogP contribution is -2.38. The van der Waals surface area contributed by atoms with Gasteiger partial charge in [0, 0.05) is 36.4 Å². The molecule has 1 fully saturated rings. The first-order valence-electron chi connectivity index (χ1n) is 9.34. The summed E-state index contributed by atoms with van der Waals surface area (Å²) in [6, 6.07) is 7.89. The fraction of sp³-hybridized carbons (Fsp3) is 0.381. The number of nitrogens with zero attached hydrogens (tertiary/aromatic N) is 1. The average Bonchev–Trinajstić information content (AvgIpc) is 3.44. The normalized spacial score (nSPS) is 16.2. The Bertz CT molecular complexity index is 915. The van der Waals surface area contributed by atoms with E-state index in [9.17, 15) is 14.0 Å². The van der Waals surface area contributed by atoms with Crippen molar-refractivity contribution in [2.45, 2.75) is 38.8 Å². The molecule has 1 aliphatic heterocycles. The Labute approximate surface area is 184 Å². The van der Waals surface area contributed by atoms with Crippen molar-refractivity contribution in [1.29, 1.82) is 0 Å². The number of ketones is 1. The second kappa shape index (κ2) is 10.7. The van der Waals surface area contributed by atoms with Crippen LogP contribution in [0.3, 0.4) is 0 Å². The van der Waals surface area contributed by atoms with Crippen molar-refractivity contribution in [2.24, 2.45) is 5.92 Å². The third-order valence-electron chi connectivity index (χ3n) is 4.93. The van der Waals surface area contributed by atoms with Gasteiger partial charge in [-0.25, -0.2) is 4.39 Å². The molecule has 2 heterocycles. The summed E-state index contributed by atoms with van der Waals surface area (Å²) in [4.78, 5) is 35.7. The van der Waals surface area contributed by atoms with Crippen molar-refractivity contribution >= 4 is 42.0 Å². The Kier molecular flexibility index (Phi) is 8.52. The summed E-state index contributed by atoms with van der Waals surface area (Å²) in [6.07, 6.45) is 2.57. The second-order valence-corrected chi connectivity index (χ2v) is 8.13. The number of carbonyl (C=O) groups excluding carboxylic acids is 2. The number of rotatable bonds is 5. The van der Waals surface area contributed by atoms with Gasteiger partial charge >= 0.3 is 5.97 Å². The van der Waals surface area contributed by atoms with Crippen molar-refractivity contribution in [3.8, 4) is 5.06 Å². The molecule has 1 aliphatic carbocycles. The van der Waals surface area contributed by atoms with E-state index in [4.69, 9.17) is 14.6 Å². The largest absolute Gasteiger partial charge is 0.483 e. The number of thiophene rings is 1. The van der Waals surface area contributed by atoms with Gasteiger partial charge in [-0.2, -0.15) is 0 Å². The summed E-state index contributed by atoms with van der Waals surface area (Å²) < 4.78 is 19.6. The maximum absolute atomic E-state index is 14.4. The number of carbonyl (C=O) groups is 3. The van der Waals surface area contributed by atoms with E-state index in [-0.39, 0.29) is 42.4 Å². The molecule has 9 heteroatoms. The lowest BCUT2D eigenvalue weighted by atomic mass is 9.95. The number of fused-ring (bicyclic) bond motifs is 1. The van der Waals surface area contributed by atoms with Crippen LogP contribution >= 0.6 is 23.7 Å². The smallest absolute Gasteiger partial charge is 0.308 e. The summed E-state index contributed by atoms with van der Waals surface area (Å²) >= 11 is 1.47. The van der Waals surface area contributed by atoms with Gasteiger partial charge in [0.05, 0.1) is 6.04 Å². The van der Waals surface area contributed by atoms with Crippen LogP contribution in [-0.4, -0.2) is 34.8 Å². The van der Waals surface area contributed by atoms with Crippen LogP contribution in [0.4, 0.5) is 4.39 Å². The highest BCUT2D eigenvalue weighted by Gasteiger charge is 2.40. The van der Waals surface area contributed by atoms with Crippen molar-refractivity contribution in [2.75, 3.05) is 6.54 Å². The van der Waals surface area contributed by atoms with Crippen LogP contribution < -0.4 is 4.74 Å². The van der Waals surface area contributed by atoms with E-state index in [1.807, 2.05) is 6.07 Å². The lowest BCUT2D eigenvalue weighted by molar-refractivity contribution is -0.131.